The summed E-state index contributed by atoms with van der Waals surface area (Å²) >= 11 is 0. The van der Waals surface area contributed by atoms with Crippen LogP contribution in [0.15, 0.2) is 0 Å². The molecule has 0 heterocycles. The van der Waals surface area contributed by atoms with Gasteiger partial charge in [0.25, 0.3) is 0 Å². The van der Waals surface area contributed by atoms with E-state index < -0.39 is 0 Å². The van der Waals surface area contributed by atoms with Crippen LogP contribution < -0.4 is 0 Å². The van der Waals surface area contributed by atoms with Gasteiger partial charge in [-0.1, -0.05) is 59.3 Å². The van der Waals surface area contributed by atoms with Gasteiger partial charge in [-0.05, 0) is 50.9 Å². The molecule has 1 aliphatic carbocycles. The minimum Gasteiger partial charge on any atom is -0.236 e. The average Bonchev–Trinajstić information content (AvgIpc) is 2.41. The molecule has 126 valence electrons. The van der Waals surface area contributed by atoms with Crippen LogP contribution in [0.4, 0.5) is 0 Å². The van der Waals surface area contributed by atoms with E-state index >= 15 is 0 Å². The second kappa shape index (κ2) is 9.15. The molecule has 0 amide bonds. The lowest BCUT2D eigenvalue weighted by Crippen LogP contribution is -2.36. The molecule has 21 heavy (non-hydrogen) atoms. The molecule has 0 atom stereocenters. The summed E-state index contributed by atoms with van der Waals surface area (Å²) in [6, 6.07) is 0. The van der Waals surface area contributed by atoms with E-state index in [1.54, 1.807) is 0 Å². The van der Waals surface area contributed by atoms with Crippen LogP contribution in [0.2, 0.25) is 0 Å². The first-order chi connectivity index (χ1) is 9.81. The van der Waals surface area contributed by atoms with Crippen molar-refractivity contribution in [3.05, 3.63) is 0 Å². The number of unbranched alkanes of at least 4 members (excludes halogenated alkanes) is 3. The van der Waals surface area contributed by atoms with Crippen molar-refractivity contribution in [1.29, 1.82) is 0 Å². The molecule has 0 aromatic rings. The van der Waals surface area contributed by atoms with Gasteiger partial charge in [0.2, 0.25) is 0 Å². The van der Waals surface area contributed by atoms with Crippen LogP contribution in [0.3, 0.4) is 0 Å². The van der Waals surface area contributed by atoms with E-state index in [0.29, 0.717) is 11.3 Å². The zero-order chi connectivity index (χ0) is 15.8. The summed E-state index contributed by atoms with van der Waals surface area (Å²) in [7, 11) is 0. The third-order valence-corrected chi connectivity index (χ3v) is 4.77. The van der Waals surface area contributed by atoms with Crippen LogP contribution >= 0.6 is 0 Å². The maximum atomic E-state index is 5.73. The molecule has 0 N–H and O–H groups in total. The maximum Gasteiger partial charge on any atom is 0.101 e. The van der Waals surface area contributed by atoms with E-state index in [0.717, 1.165) is 13.0 Å². The van der Waals surface area contributed by atoms with Gasteiger partial charge in [0.1, 0.15) is 5.60 Å². The van der Waals surface area contributed by atoms with Gasteiger partial charge in [-0.2, -0.15) is 0 Å². The summed E-state index contributed by atoms with van der Waals surface area (Å²) in [5.41, 5.74) is 0.357. The van der Waals surface area contributed by atoms with E-state index in [-0.39, 0.29) is 5.60 Å². The van der Waals surface area contributed by atoms with Gasteiger partial charge in [-0.25, -0.2) is 9.78 Å². The standard InChI is InChI=1S/C19H38O2/c1-18(2,3)15-11-6-7-12-16-20-21-19(4,5)17-13-9-8-10-14-17/h17H,6-16H2,1-5H3. The number of hydrogen-bond donors (Lipinski definition) is 0. The first kappa shape index (κ1) is 19.0. The molecule has 0 spiro atoms. The Kier molecular flexibility index (Phi) is 8.26. The van der Waals surface area contributed by atoms with Crippen molar-refractivity contribution in [2.75, 3.05) is 6.61 Å². The summed E-state index contributed by atoms with van der Waals surface area (Å²) < 4.78 is 0. The molecule has 1 fully saturated rings. The van der Waals surface area contributed by atoms with Crippen LogP contribution in [-0.2, 0) is 9.78 Å². The Balaban J connectivity index is 2.00. The highest BCUT2D eigenvalue weighted by molar-refractivity contribution is 4.80. The highest BCUT2D eigenvalue weighted by Gasteiger charge is 2.32. The smallest absolute Gasteiger partial charge is 0.101 e. The van der Waals surface area contributed by atoms with Crippen LogP contribution in [0.1, 0.15) is 98.8 Å². The molecule has 0 aromatic carbocycles. The van der Waals surface area contributed by atoms with Gasteiger partial charge in [0.15, 0.2) is 0 Å². The first-order valence-corrected chi connectivity index (χ1v) is 9.12. The molecule has 1 saturated carbocycles. The lowest BCUT2D eigenvalue weighted by Gasteiger charge is -2.35. The molecule has 1 rings (SSSR count). The number of hydrogen-bond acceptors (Lipinski definition) is 2. The van der Waals surface area contributed by atoms with Crippen LogP contribution in [0, 0.1) is 11.3 Å². The lowest BCUT2D eigenvalue weighted by atomic mass is 9.79. The van der Waals surface area contributed by atoms with Crippen molar-refractivity contribution >= 4 is 0 Å². The molecule has 0 aliphatic heterocycles. The molecule has 0 unspecified atom stereocenters. The van der Waals surface area contributed by atoms with Gasteiger partial charge in [-0.15, -0.1) is 0 Å². The summed E-state index contributed by atoms with van der Waals surface area (Å²) in [4.78, 5) is 11.2. The molecule has 2 nitrogen and oxygen atoms in total. The Morgan fingerprint density at radius 3 is 2.05 bits per heavy atom. The summed E-state index contributed by atoms with van der Waals surface area (Å²) in [5.74, 6) is 0.665. The molecule has 0 aromatic heterocycles. The predicted molar refractivity (Wildman–Crippen MR) is 90.2 cm³/mol. The Morgan fingerprint density at radius 1 is 0.810 bits per heavy atom. The van der Waals surface area contributed by atoms with E-state index in [2.05, 4.69) is 34.6 Å². The van der Waals surface area contributed by atoms with Gasteiger partial charge in [0.05, 0.1) is 6.61 Å². The summed E-state index contributed by atoms with van der Waals surface area (Å²) in [6.07, 6.45) is 13.0. The highest BCUT2D eigenvalue weighted by Crippen LogP contribution is 2.34. The molecule has 2 heteroatoms. The van der Waals surface area contributed by atoms with E-state index in [4.69, 9.17) is 9.78 Å². The second-order valence-electron chi connectivity index (χ2n) is 8.57. The normalized spacial score (nSPS) is 18.1. The summed E-state index contributed by atoms with van der Waals surface area (Å²) in [6.45, 7) is 12.1. The van der Waals surface area contributed by atoms with Crippen LogP contribution in [-0.4, -0.2) is 12.2 Å². The topological polar surface area (TPSA) is 18.5 Å². The largest absolute Gasteiger partial charge is 0.236 e. The third-order valence-electron chi connectivity index (χ3n) is 4.77. The monoisotopic (exact) mass is 298 g/mol. The van der Waals surface area contributed by atoms with E-state index in [1.165, 1.54) is 57.8 Å². The number of rotatable bonds is 9. The molecule has 0 saturated heterocycles. The third kappa shape index (κ3) is 8.83. The second-order valence-corrected chi connectivity index (χ2v) is 8.57. The lowest BCUT2D eigenvalue weighted by molar-refractivity contribution is -0.366. The van der Waals surface area contributed by atoms with Gasteiger partial charge >= 0.3 is 0 Å². The van der Waals surface area contributed by atoms with E-state index in [1.807, 2.05) is 0 Å². The molecular weight excluding hydrogens is 260 g/mol. The van der Waals surface area contributed by atoms with Crippen molar-refractivity contribution in [2.24, 2.45) is 11.3 Å². The molecule has 0 bridgehead atoms. The summed E-state index contributed by atoms with van der Waals surface area (Å²) in [5, 5.41) is 0. The van der Waals surface area contributed by atoms with E-state index in [9.17, 15) is 0 Å². The van der Waals surface area contributed by atoms with Crippen molar-refractivity contribution in [2.45, 2.75) is 104 Å². The SMILES string of the molecule is CC(C)(C)CCCCCCOOC(C)(C)C1CCCCC1. The van der Waals surface area contributed by atoms with Gasteiger partial charge < -0.3 is 0 Å². The average molecular weight is 299 g/mol. The van der Waals surface area contributed by atoms with Crippen molar-refractivity contribution in [3.8, 4) is 0 Å². The minimum atomic E-state index is -0.118. The quantitative estimate of drug-likeness (QED) is 0.283. The first-order valence-electron chi connectivity index (χ1n) is 9.12. The molecule has 1 aliphatic rings. The van der Waals surface area contributed by atoms with Crippen molar-refractivity contribution < 1.29 is 9.78 Å². The fourth-order valence-corrected chi connectivity index (χ4v) is 3.23. The Morgan fingerprint density at radius 2 is 1.43 bits per heavy atom. The fourth-order valence-electron chi connectivity index (χ4n) is 3.23. The van der Waals surface area contributed by atoms with Crippen LogP contribution in [0.25, 0.3) is 0 Å². The molecule has 0 radical (unpaired) electrons. The van der Waals surface area contributed by atoms with Crippen molar-refractivity contribution in [3.63, 3.8) is 0 Å². The van der Waals surface area contributed by atoms with Crippen molar-refractivity contribution in [1.82, 2.24) is 0 Å². The Labute approximate surface area is 132 Å². The zero-order valence-corrected chi connectivity index (χ0v) is 15.2. The van der Waals surface area contributed by atoms with Crippen LogP contribution in [0.5, 0.6) is 0 Å². The zero-order valence-electron chi connectivity index (χ0n) is 15.2. The molecular formula is C19H38O2. The predicted octanol–water partition coefficient (Wildman–Crippen LogP) is 6.29. The van der Waals surface area contributed by atoms with Gasteiger partial charge in [-0.3, -0.25) is 0 Å². The minimum absolute atomic E-state index is 0.118. The maximum absolute atomic E-state index is 5.73. The van der Waals surface area contributed by atoms with Gasteiger partial charge in [0, 0.05) is 0 Å². The highest BCUT2D eigenvalue weighted by atomic mass is 17.2. The Hall–Kier alpha value is -0.0800. The fraction of sp³-hybridized carbons (Fsp3) is 1.00. The Bertz CT molecular complexity index is 259.